The molecule has 0 aromatic heterocycles. The molecule has 0 aromatic carbocycles. The minimum Gasteiger partial charge on any atom is -0.380 e. The smallest absolute Gasteiger partial charge is 0.0591 e. The highest BCUT2D eigenvalue weighted by Gasteiger charge is 2.58. The van der Waals surface area contributed by atoms with Crippen LogP contribution in [0.25, 0.3) is 0 Å². The fraction of sp³-hybridized carbons (Fsp3) is 0.875. The van der Waals surface area contributed by atoms with Gasteiger partial charge in [0.25, 0.3) is 0 Å². The van der Waals surface area contributed by atoms with Gasteiger partial charge in [0.05, 0.1) is 13.2 Å². The third kappa shape index (κ3) is 2.50. The van der Waals surface area contributed by atoms with Crippen LogP contribution in [-0.4, -0.2) is 25.8 Å². The maximum atomic E-state index is 5.58. The van der Waals surface area contributed by atoms with Crippen LogP contribution in [0.3, 0.4) is 0 Å². The van der Waals surface area contributed by atoms with Crippen molar-refractivity contribution in [2.75, 3.05) is 19.8 Å². The number of hydrogen-bond donors (Lipinski definition) is 1. The van der Waals surface area contributed by atoms with Gasteiger partial charge in [0, 0.05) is 12.6 Å². The predicted molar refractivity (Wildman–Crippen MR) is 76.7 cm³/mol. The molecule has 1 N–H and O–H groups in total. The van der Waals surface area contributed by atoms with Crippen LogP contribution in [-0.2, 0) is 4.74 Å². The number of fused-ring (bicyclic) bond motifs is 2. The van der Waals surface area contributed by atoms with Crippen molar-refractivity contribution >= 4 is 0 Å². The maximum absolute atomic E-state index is 5.58. The van der Waals surface area contributed by atoms with E-state index in [1.807, 2.05) is 6.08 Å². The summed E-state index contributed by atoms with van der Waals surface area (Å²) in [5.74, 6) is 0.918. The largest absolute Gasteiger partial charge is 0.380 e. The molecule has 0 spiro atoms. The van der Waals surface area contributed by atoms with Crippen molar-refractivity contribution in [1.29, 1.82) is 0 Å². The van der Waals surface area contributed by atoms with Crippen molar-refractivity contribution in [3.63, 3.8) is 0 Å². The van der Waals surface area contributed by atoms with E-state index in [4.69, 9.17) is 4.74 Å². The Kier molecular flexibility index (Phi) is 4.18. The van der Waals surface area contributed by atoms with Crippen LogP contribution in [0.1, 0.15) is 46.5 Å². The molecule has 2 heteroatoms. The molecule has 1 unspecified atom stereocenters. The Morgan fingerprint density at radius 2 is 2.11 bits per heavy atom. The van der Waals surface area contributed by atoms with E-state index in [1.54, 1.807) is 0 Å². The fourth-order valence-electron chi connectivity index (χ4n) is 4.36. The van der Waals surface area contributed by atoms with Gasteiger partial charge in [0.1, 0.15) is 0 Å². The molecule has 0 saturated heterocycles. The lowest BCUT2D eigenvalue weighted by Crippen LogP contribution is -2.51. The molecule has 104 valence electrons. The minimum absolute atomic E-state index is 0.452. The summed E-state index contributed by atoms with van der Waals surface area (Å²) in [6.07, 6.45) is 7.10. The van der Waals surface area contributed by atoms with E-state index < -0.39 is 0 Å². The van der Waals surface area contributed by atoms with E-state index >= 15 is 0 Å². The molecule has 2 fully saturated rings. The molecular formula is C16H29NO. The molecule has 2 aliphatic carbocycles. The van der Waals surface area contributed by atoms with E-state index in [2.05, 4.69) is 32.7 Å². The molecule has 18 heavy (non-hydrogen) atoms. The number of rotatable bonds is 7. The molecule has 0 radical (unpaired) electrons. The van der Waals surface area contributed by atoms with Crippen LogP contribution in [0, 0.1) is 16.7 Å². The summed E-state index contributed by atoms with van der Waals surface area (Å²) in [4.78, 5) is 0. The minimum atomic E-state index is 0.452. The Hall–Kier alpha value is -0.340. The highest BCUT2D eigenvalue weighted by Crippen LogP contribution is 2.62. The fourth-order valence-corrected chi connectivity index (χ4v) is 4.36. The molecule has 2 aliphatic rings. The number of nitrogens with one attached hydrogen (secondary N) is 1. The zero-order valence-electron chi connectivity index (χ0n) is 12.3. The SMILES string of the molecule is C=CCCOCCNC1C(C)(C)[C@H]2CC[C@]1(C)C2. The van der Waals surface area contributed by atoms with Crippen LogP contribution < -0.4 is 5.32 Å². The van der Waals surface area contributed by atoms with Crippen molar-refractivity contribution in [2.24, 2.45) is 16.7 Å². The van der Waals surface area contributed by atoms with E-state index in [-0.39, 0.29) is 0 Å². The van der Waals surface area contributed by atoms with E-state index in [1.165, 1.54) is 19.3 Å². The maximum Gasteiger partial charge on any atom is 0.0591 e. The second-order valence-corrected chi connectivity index (χ2v) is 6.99. The van der Waals surface area contributed by atoms with Gasteiger partial charge in [-0.15, -0.1) is 6.58 Å². The molecule has 2 rings (SSSR count). The van der Waals surface area contributed by atoms with Crippen LogP contribution in [0.5, 0.6) is 0 Å². The van der Waals surface area contributed by atoms with E-state index in [9.17, 15) is 0 Å². The van der Waals surface area contributed by atoms with Crippen LogP contribution >= 0.6 is 0 Å². The zero-order valence-corrected chi connectivity index (χ0v) is 12.3. The Morgan fingerprint density at radius 3 is 2.72 bits per heavy atom. The molecule has 0 heterocycles. The van der Waals surface area contributed by atoms with Gasteiger partial charge >= 0.3 is 0 Å². The summed E-state index contributed by atoms with van der Waals surface area (Å²) in [5, 5.41) is 3.77. The molecule has 2 nitrogen and oxygen atoms in total. The van der Waals surface area contributed by atoms with Crippen LogP contribution in [0.2, 0.25) is 0 Å². The summed E-state index contributed by atoms with van der Waals surface area (Å²) in [6, 6.07) is 0.659. The Bertz CT molecular complexity index is 295. The van der Waals surface area contributed by atoms with Crippen molar-refractivity contribution in [3.8, 4) is 0 Å². The first kappa shape index (κ1) is 14.1. The summed E-state index contributed by atoms with van der Waals surface area (Å²) >= 11 is 0. The topological polar surface area (TPSA) is 21.3 Å². The first-order valence-corrected chi connectivity index (χ1v) is 7.43. The lowest BCUT2D eigenvalue weighted by Gasteiger charge is -2.43. The Balaban J connectivity index is 1.77. The van der Waals surface area contributed by atoms with Gasteiger partial charge in [0.2, 0.25) is 0 Å². The third-order valence-electron chi connectivity index (χ3n) is 5.33. The molecular weight excluding hydrogens is 222 g/mol. The molecule has 2 saturated carbocycles. The van der Waals surface area contributed by atoms with E-state index in [0.29, 0.717) is 16.9 Å². The highest BCUT2D eigenvalue weighted by molar-refractivity contribution is 5.11. The van der Waals surface area contributed by atoms with Gasteiger partial charge in [-0.1, -0.05) is 26.8 Å². The Morgan fingerprint density at radius 1 is 1.33 bits per heavy atom. The van der Waals surface area contributed by atoms with Gasteiger partial charge in [-0.25, -0.2) is 0 Å². The van der Waals surface area contributed by atoms with Crippen LogP contribution in [0.4, 0.5) is 0 Å². The average molecular weight is 251 g/mol. The molecule has 3 atom stereocenters. The van der Waals surface area contributed by atoms with Gasteiger partial charge in [-0.3, -0.25) is 0 Å². The summed E-state index contributed by atoms with van der Waals surface area (Å²) in [5.41, 5.74) is 0.976. The van der Waals surface area contributed by atoms with Gasteiger partial charge in [0.15, 0.2) is 0 Å². The second-order valence-electron chi connectivity index (χ2n) is 6.99. The molecule has 0 aliphatic heterocycles. The normalized spacial score (nSPS) is 37.1. The van der Waals surface area contributed by atoms with Gasteiger partial charge in [-0.2, -0.15) is 0 Å². The quantitative estimate of drug-likeness (QED) is 0.553. The van der Waals surface area contributed by atoms with Gasteiger partial charge in [-0.05, 0) is 42.4 Å². The summed E-state index contributed by atoms with van der Waals surface area (Å²) in [6.45, 7) is 13.7. The monoisotopic (exact) mass is 251 g/mol. The first-order valence-electron chi connectivity index (χ1n) is 7.43. The predicted octanol–water partition coefficient (Wildman–Crippen LogP) is 3.38. The zero-order chi connectivity index (χ0) is 13.2. The summed E-state index contributed by atoms with van der Waals surface area (Å²) < 4.78 is 5.58. The third-order valence-corrected chi connectivity index (χ3v) is 5.33. The van der Waals surface area contributed by atoms with Crippen molar-refractivity contribution in [2.45, 2.75) is 52.5 Å². The van der Waals surface area contributed by atoms with Gasteiger partial charge < -0.3 is 10.1 Å². The van der Waals surface area contributed by atoms with E-state index in [0.717, 1.165) is 32.1 Å². The number of hydrogen-bond acceptors (Lipinski definition) is 2. The molecule has 0 amide bonds. The summed E-state index contributed by atoms with van der Waals surface area (Å²) in [7, 11) is 0. The average Bonchev–Trinajstić information content (AvgIpc) is 2.78. The second kappa shape index (κ2) is 5.34. The number of ether oxygens (including phenoxy) is 1. The first-order chi connectivity index (χ1) is 8.50. The van der Waals surface area contributed by atoms with Crippen molar-refractivity contribution < 1.29 is 4.74 Å². The highest BCUT2D eigenvalue weighted by atomic mass is 16.5. The lowest BCUT2D eigenvalue weighted by atomic mass is 9.68. The molecule has 2 bridgehead atoms. The lowest BCUT2D eigenvalue weighted by molar-refractivity contribution is 0.0888. The Labute approximate surface area is 112 Å². The standard InChI is InChI=1S/C16H29NO/c1-5-6-10-18-11-9-17-14-15(2,3)13-7-8-16(14,4)12-13/h5,13-14,17H,1,6-12H2,2-4H3/t13-,14?,16+/m0/s1. The molecule has 0 aromatic rings. The van der Waals surface area contributed by atoms with Crippen molar-refractivity contribution in [3.05, 3.63) is 12.7 Å². The van der Waals surface area contributed by atoms with Crippen LogP contribution in [0.15, 0.2) is 12.7 Å². The van der Waals surface area contributed by atoms with Crippen molar-refractivity contribution in [1.82, 2.24) is 5.32 Å².